The summed E-state index contributed by atoms with van der Waals surface area (Å²) < 4.78 is 0. The van der Waals surface area contributed by atoms with Gasteiger partial charge in [-0.25, -0.2) is 0 Å². The molecule has 0 saturated heterocycles. The largest absolute Gasteiger partial charge is 0.263 e. The molecule has 0 spiro atoms. The maximum atomic E-state index is 4.31. The Morgan fingerprint density at radius 3 is 2.73 bits per heavy atom. The Labute approximate surface area is 72.9 Å². The standard InChI is InChI=1S/C7H8N.2CH3.Al/c1-6-3-4-8-7(2)5-6;;;/h3-5H,2H2,1H3;2*1H3;. The molecular weight excluding hydrogens is 149 g/mol. The maximum absolute atomic E-state index is 4.31. The molecule has 0 fully saturated rings. The molecule has 0 N–H and O–H groups in total. The summed E-state index contributed by atoms with van der Waals surface area (Å²) in [6.45, 7) is 2.12. The van der Waals surface area contributed by atoms with Gasteiger partial charge in [0.05, 0.1) is 0 Å². The molecule has 1 heterocycles. The van der Waals surface area contributed by atoms with E-state index < -0.39 is 14.1 Å². The molecule has 0 aliphatic rings. The fourth-order valence-corrected chi connectivity index (χ4v) is 2.19. The molecule has 0 atom stereocenters. The summed E-state index contributed by atoms with van der Waals surface area (Å²) in [5.41, 5.74) is 2.59. The molecule has 0 radical (unpaired) electrons. The van der Waals surface area contributed by atoms with Crippen molar-refractivity contribution >= 4 is 14.1 Å². The molecule has 2 heteroatoms. The van der Waals surface area contributed by atoms with Gasteiger partial charge in [0.1, 0.15) is 0 Å². The fraction of sp³-hybridized carbons (Fsp3) is 0.444. The topological polar surface area (TPSA) is 12.9 Å². The number of pyridine rings is 1. The van der Waals surface area contributed by atoms with Crippen LogP contribution in [0.2, 0.25) is 11.6 Å². The highest BCUT2D eigenvalue weighted by Gasteiger charge is 2.03. The zero-order valence-corrected chi connectivity index (χ0v) is 8.62. The zero-order valence-electron chi connectivity index (χ0n) is 7.46. The van der Waals surface area contributed by atoms with Crippen LogP contribution in [0.5, 0.6) is 0 Å². The molecule has 0 aliphatic carbocycles. The lowest BCUT2D eigenvalue weighted by Gasteiger charge is -2.00. The Bertz CT molecular complexity index is 233. The molecule has 0 amide bonds. The average molecular weight is 163 g/mol. The molecule has 1 aromatic heterocycles. The molecule has 11 heavy (non-hydrogen) atoms. The number of nitrogens with zero attached hydrogens (tertiary/aromatic N) is 1. The van der Waals surface area contributed by atoms with Gasteiger partial charge in [-0.1, -0.05) is 5.28 Å². The lowest BCUT2D eigenvalue weighted by atomic mass is 10.3. The van der Waals surface area contributed by atoms with Gasteiger partial charge in [0, 0.05) is 11.9 Å². The third-order valence-electron chi connectivity index (χ3n) is 1.59. The van der Waals surface area contributed by atoms with Gasteiger partial charge in [0.15, 0.2) is 0 Å². The predicted octanol–water partition coefficient (Wildman–Crippen LogP) is 2.23. The molecule has 0 bridgehead atoms. The summed E-state index contributed by atoms with van der Waals surface area (Å²) in [7, 11) is 0. The Morgan fingerprint density at radius 2 is 2.18 bits per heavy atom. The van der Waals surface area contributed by atoms with E-state index in [1.807, 2.05) is 12.3 Å². The highest BCUT2D eigenvalue weighted by Crippen LogP contribution is 2.02. The van der Waals surface area contributed by atoms with E-state index >= 15 is 0 Å². The van der Waals surface area contributed by atoms with Gasteiger partial charge in [-0.3, -0.25) is 4.98 Å². The van der Waals surface area contributed by atoms with Crippen molar-refractivity contribution in [2.24, 2.45) is 0 Å². The van der Waals surface area contributed by atoms with Gasteiger partial charge in [0.2, 0.25) is 0 Å². The van der Waals surface area contributed by atoms with Crippen molar-refractivity contribution in [2.75, 3.05) is 0 Å². The lowest BCUT2D eigenvalue weighted by molar-refractivity contribution is 1.13. The summed E-state index contributed by atoms with van der Waals surface area (Å²) >= 11 is -0.480. The van der Waals surface area contributed by atoms with Crippen molar-refractivity contribution in [1.82, 2.24) is 4.98 Å². The second-order valence-electron chi connectivity index (χ2n) is 3.42. The van der Waals surface area contributed by atoms with Crippen LogP contribution in [0.1, 0.15) is 11.3 Å². The van der Waals surface area contributed by atoms with Crippen molar-refractivity contribution in [1.29, 1.82) is 0 Å². The van der Waals surface area contributed by atoms with Crippen molar-refractivity contribution in [3.05, 3.63) is 29.6 Å². The summed E-state index contributed by atoms with van der Waals surface area (Å²) in [5.74, 6) is 4.70. The molecule has 0 saturated carbocycles. The van der Waals surface area contributed by atoms with Gasteiger partial charge in [0.25, 0.3) is 14.1 Å². The van der Waals surface area contributed by atoms with Crippen molar-refractivity contribution in [2.45, 2.75) is 23.8 Å². The van der Waals surface area contributed by atoms with Crippen LogP contribution in [-0.2, 0) is 5.28 Å². The Kier molecular flexibility index (Phi) is 3.11. The van der Waals surface area contributed by atoms with Crippen LogP contribution in [-0.4, -0.2) is 19.1 Å². The average Bonchev–Trinajstić information content (AvgIpc) is 1.85. The van der Waals surface area contributed by atoms with Crippen LogP contribution in [0.3, 0.4) is 0 Å². The Hall–Kier alpha value is -0.318. The van der Waals surface area contributed by atoms with E-state index in [1.165, 1.54) is 16.5 Å². The number of hydrogen-bond acceptors (Lipinski definition) is 1. The van der Waals surface area contributed by atoms with Gasteiger partial charge >= 0.3 is 0 Å². The quantitative estimate of drug-likeness (QED) is 0.609. The van der Waals surface area contributed by atoms with Crippen LogP contribution in [0.4, 0.5) is 0 Å². The minimum atomic E-state index is -0.480. The third-order valence-corrected chi connectivity index (χ3v) is 2.82. The first-order chi connectivity index (χ1) is 5.18. The normalized spacial score (nSPS) is 9.73. The number of aromatic nitrogens is 1. The first-order valence-electron chi connectivity index (χ1n) is 4.10. The van der Waals surface area contributed by atoms with Gasteiger partial charge in [-0.15, -0.1) is 11.6 Å². The van der Waals surface area contributed by atoms with E-state index in [9.17, 15) is 0 Å². The monoisotopic (exact) mass is 163 g/mol. The minimum absolute atomic E-state index is 0.480. The summed E-state index contributed by atoms with van der Waals surface area (Å²) in [5, 5.41) is 1.22. The number of aryl methyl sites for hydroxylation is 1. The molecule has 1 rings (SSSR count). The highest BCUT2D eigenvalue weighted by atomic mass is 27.2. The molecule has 1 nitrogen and oxygen atoms in total. The first-order valence-corrected chi connectivity index (χ1v) is 7.22. The highest BCUT2D eigenvalue weighted by molar-refractivity contribution is 6.55. The molecule has 1 aromatic rings. The third kappa shape index (κ3) is 3.05. The summed E-state index contributed by atoms with van der Waals surface area (Å²) in [6, 6.07) is 4.23. The second-order valence-corrected chi connectivity index (χ2v) is 6.62. The van der Waals surface area contributed by atoms with Crippen LogP contribution >= 0.6 is 0 Å². The molecule has 0 unspecified atom stereocenters. The molecule has 0 aliphatic heterocycles. The minimum Gasteiger partial charge on any atom is -0.263 e. The Balaban J connectivity index is 2.71. The van der Waals surface area contributed by atoms with Crippen molar-refractivity contribution in [3.8, 4) is 0 Å². The van der Waals surface area contributed by atoms with Crippen LogP contribution in [0.15, 0.2) is 18.3 Å². The fourth-order valence-electron chi connectivity index (χ4n) is 1.13. The van der Waals surface area contributed by atoms with E-state index in [1.54, 1.807) is 0 Å². The lowest BCUT2D eigenvalue weighted by Crippen LogP contribution is -2.06. The summed E-state index contributed by atoms with van der Waals surface area (Å²) in [4.78, 5) is 4.31. The molecule has 58 valence electrons. The SMILES string of the molecule is Cc1ccnc([CH2][Al]([CH3])[CH3])c1. The second kappa shape index (κ2) is 3.90. The van der Waals surface area contributed by atoms with E-state index in [-0.39, 0.29) is 0 Å². The van der Waals surface area contributed by atoms with E-state index in [0.717, 1.165) is 0 Å². The van der Waals surface area contributed by atoms with Crippen LogP contribution < -0.4 is 0 Å². The smallest absolute Gasteiger partial charge is 0.263 e. The molecular formula is C9H14AlN. The van der Waals surface area contributed by atoms with Crippen molar-refractivity contribution < 1.29 is 0 Å². The van der Waals surface area contributed by atoms with Gasteiger partial charge in [-0.05, 0) is 24.6 Å². The van der Waals surface area contributed by atoms with E-state index in [4.69, 9.17) is 0 Å². The van der Waals surface area contributed by atoms with Crippen LogP contribution in [0, 0.1) is 6.92 Å². The van der Waals surface area contributed by atoms with Crippen molar-refractivity contribution in [3.63, 3.8) is 0 Å². The maximum Gasteiger partial charge on any atom is 0.263 e. The Morgan fingerprint density at radius 1 is 1.45 bits per heavy atom. The number of rotatable bonds is 2. The molecule has 0 aromatic carbocycles. The summed E-state index contributed by atoms with van der Waals surface area (Å²) in [6.07, 6.45) is 1.90. The predicted molar refractivity (Wildman–Crippen MR) is 50.2 cm³/mol. The van der Waals surface area contributed by atoms with E-state index in [2.05, 4.69) is 29.5 Å². The van der Waals surface area contributed by atoms with Gasteiger partial charge in [-0.2, -0.15) is 0 Å². The first kappa shape index (κ1) is 8.78. The van der Waals surface area contributed by atoms with Gasteiger partial charge < -0.3 is 0 Å². The van der Waals surface area contributed by atoms with E-state index in [0.29, 0.717) is 0 Å². The zero-order chi connectivity index (χ0) is 8.27. The van der Waals surface area contributed by atoms with Crippen LogP contribution in [0.25, 0.3) is 0 Å². The number of hydrogen-bond donors (Lipinski definition) is 0.